The van der Waals surface area contributed by atoms with Crippen molar-refractivity contribution >= 4 is 16.4 Å². The zero-order valence-corrected chi connectivity index (χ0v) is 26.6. The molecule has 4 rings (SSSR count). The zero-order chi connectivity index (χ0) is 26.4. The molecule has 8 atom stereocenters. The molecule has 0 heterocycles. The molecular weight excluding hydrogens is 484 g/mol. The molecule has 0 aliphatic heterocycles. The summed E-state index contributed by atoms with van der Waals surface area (Å²) >= 11 is 0. The van der Waals surface area contributed by atoms with E-state index in [4.69, 9.17) is 23.4 Å². The van der Waals surface area contributed by atoms with Gasteiger partial charge in [0.1, 0.15) is 13.6 Å². The van der Waals surface area contributed by atoms with Crippen LogP contribution < -0.4 is 0 Å². The van der Waals surface area contributed by atoms with Crippen molar-refractivity contribution in [3.05, 3.63) is 12.2 Å². The number of allylic oxidation sites excluding steroid dienone is 2. The van der Waals surface area contributed by atoms with Gasteiger partial charge in [0.05, 0.1) is 18.3 Å². The first-order valence-electron chi connectivity index (χ1n) is 14.4. The van der Waals surface area contributed by atoms with Gasteiger partial charge < -0.3 is 23.4 Å². The van der Waals surface area contributed by atoms with Crippen molar-refractivity contribution in [1.29, 1.82) is 0 Å². The monoisotopic (exact) mass is 538 g/mol. The molecule has 0 amide bonds. The van der Waals surface area contributed by atoms with E-state index < -0.39 is 16.4 Å². The lowest BCUT2D eigenvalue weighted by atomic mass is 9.61. The van der Waals surface area contributed by atoms with Gasteiger partial charge in [-0.1, -0.05) is 52.6 Å². The first kappa shape index (κ1) is 29.0. The number of hydrogen-bond donors (Lipinski definition) is 0. The van der Waals surface area contributed by atoms with Gasteiger partial charge in [-0.15, -0.1) is 0 Å². The molecule has 36 heavy (non-hydrogen) atoms. The fraction of sp³-hybridized carbons (Fsp3) is 0.931. The Morgan fingerprint density at radius 3 is 2.39 bits per heavy atom. The van der Waals surface area contributed by atoms with Gasteiger partial charge in [0.2, 0.25) is 0 Å². The smallest absolute Gasteiger partial charge is 0.192 e. The SMILES string of the molecule is COCO[C@@H]1C[C@@H]2CC[C@H](O[Si](C)(C)C(C)(C)C)[C@@H](OCOCC[Si](C)(C)C)[C@@]23C[C@@H]2C=CC[C@@H]2[C@@H]13. The number of methoxy groups -OCH3 is 1. The Kier molecular flexibility index (Phi) is 8.74. The van der Waals surface area contributed by atoms with Crippen LogP contribution in [0.4, 0.5) is 0 Å². The van der Waals surface area contributed by atoms with Gasteiger partial charge >= 0.3 is 0 Å². The third-order valence-corrected chi connectivity index (χ3v) is 16.5. The first-order valence-corrected chi connectivity index (χ1v) is 21.1. The molecule has 4 aliphatic rings. The van der Waals surface area contributed by atoms with E-state index in [-0.39, 0.29) is 28.8 Å². The maximum absolute atomic E-state index is 7.20. The molecule has 0 saturated heterocycles. The molecule has 0 N–H and O–H groups in total. The van der Waals surface area contributed by atoms with E-state index in [2.05, 4.69) is 65.7 Å². The molecule has 1 spiro atoms. The summed E-state index contributed by atoms with van der Waals surface area (Å²) in [5, 5.41) is 0.175. The molecule has 5 nitrogen and oxygen atoms in total. The standard InChI is InChI=1S/C29H54O5Si2/c1-28(2,3)36(8,9)34-24-14-13-22-17-25(32-19-30-4)26-23-12-10-11-21(23)18-29(22,26)27(24)33-20-31-15-16-35(5,6)7/h10-11,21-27H,12-20H2,1-9H3/t21-,22-,23-,24-,25+,26-,27+,29-/m0/s1. The second-order valence-corrected chi connectivity index (χ2v) is 25.2. The zero-order valence-electron chi connectivity index (χ0n) is 24.6. The van der Waals surface area contributed by atoms with Crippen LogP contribution >= 0.6 is 0 Å². The summed E-state index contributed by atoms with van der Waals surface area (Å²) in [6, 6.07) is 1.17. The third kappa shape index (κ3) is 5.63. The maximum atomic E-state index is 7.20. The Hall–Kier alpha value is -0.0262. The number of hydrogen-bond acceptors (Lipinski definition) is 5. The lowest BCUT2D eigenvalue weighted by Crippen LogP contribution is -2.58. The van der Waals surface area contributed by atoms with Gasteiger partial charge in [-0.05, 0) is 80.0 Å². The minimum Gasteiger partial charge on any atom is -0.411 e. The average molecular weight is 539 g/mol. The van der Waals surface area contributed by atoms with Crippen LogP contribution in [0.25, 0.3) is 0 Å². The summed E-state index contributed by atoms with van der Waals surface area (Å²) in [6.07, 6.45) is 11.1. The van der Waals surface area contributed by atoms with Gasteiger partial charge in [-0.25, -0.2) is 0 Å². The van der Waals surface area contributed by atoms with Gasteiger partial charge in [-0.2, -0.15) is 0 Å². The van der Waals surface area contributed by atoms with Gasteiger partial charge in [0, 0.05) is 27.2 Å². The van der Waals surface area contributed by atoms with Crippen molar-refractivity contribution < 1.29 is 23.4 Å². The van der Waals surface area contributed by atoms with Crippen LogP contribution in [0.5, 0.6) is 0 Å². The van der Waals surface area contributed by atoms with E-state index in [9.17, 15) is 0 Å². The topological polar surface area (TPSA) is 46.2 Å². The summed E-state index contributed by atoms with van der Waals surface area (Å²) in [6.45, 7) is 20.6. The van der Waals surface area contributed by atoms with Gasteiger partial charge in [0.15, 0.2) is 8.32 Å². The lowest BCUT2D eigenvalue weighted by Gasteiger charge is -2.53. The van der Waals surface area contributed by atoms with E-state index in [1.165, 1.54) is 25.3 Å². The molecule has 0 unspecified atom stereocenters. The van der Waals surface area contributed by atoms with Crippen LogP contribution in [0.15, 0.2) is 12.2 Å². The summed E-state index contributed by atoms with van der Waals surface area (Å²) in [4.78, 5) is 0. The quantitative estimate of drug-likeness (QED) is 0.122. The number of ether oxygens (including phenoxy) is 4. The molecule has 0 aromatic rings. The van der Waals surface area contributed by atoms with Crippen LogP contribution in [-0.2, 0) is 23.4 Å². The molecule has 3 fully saturated rings. The lowest BCUT2D eigenvalue weighted by molar-refractivity contribution is -0.201. The van der Waals surface area contributed by atoms with E-state index in [1.807, 2.05) is 0 Å². The highest BCUT2D eigenvalue weighted by atomic mass is 28.4. The first-order chi connectivity index (χ1) is 16.8. The van der Waals surface area contributed by atoms with E-state index in [1.54, 1.807) is 7.11 Å². The Balaban J connectivity index is 1.61. The van der Waals surface area contributed by atoms with Crippen molar-refractivity contribution in [3.63, 3.8) is 0 Å². The Morgan fingerprint density at radius 2 is 1.72 bits per heavy atom. The third-order valence-electron chi connectivity index (χ3n) is 10.3. The van der Waals surface area contributed by atoms with Gasteiger partial charge in [-0.3, -0.25) is 0 Å². The van der Waals surface area contributed by atoms with Crippen molar-refractivity contribution in [3.8, 4) is 0 Å². The van der Waals surface area contributed by atoms with Crippen molar-refractivity contribution in [1.82, 2.24) is 0 Å². The van der Waals surface area contributed by atoms with Crippen LogP contribution in [0.1, 0.15) is 52.9 Å². The summed E-state index contributed by atoms with van der Waals surface area (Å²) in [5.74, 6) is 2.41. The molecule has 4 aliphatic carbocycles. The molecular formula is C29H54O5Si2. The van der Waals surface area contributed by atoms with Crippen LogP contribution in [0, 0.1) is 29.1 Å². The highest BCUT2D eigenvalue weighted by Gasteiger charge is 2.69. The van der Waals surface area contributed by atoms with Crippen molar-refractivity contribution in [2.24, 2.45) is 29.1 Å². The predicted molar refractivity (Wildman–Crippen MR) is 151 cm³/mol. The molecule has 3 saturated carbocycles. The normalized spacial score (nSPS) is 38.3. The average Bonchev–Trinajstić information content (AvgIpc) is 3.40. The second kappa shape index (κ2) is 10.9. The molecule has 0 radical (unpaired) electrons. The molecule has 208 valence electrons. The van der Waals surface area contributed by atoms with Crippen molar-refractivity contribution in [2.45, 2.75) is 115 Å². The molecule has 7 heteroatoms. The Labute approximate surface area is 223 Å². The number of fused-ring (bicyclic) bond motifs is 2. The fourth-order valence-corrected chi connectivity index (χ4v) is 9.73. The van der Waals surface area contributed by atoms with Crippen molar-refractivity contribution in [2.75, 3.05) is 27.3 Å². The van der Waals surface area contributed by atoms with E-state index in [0.717, 1.165) is 19.4 Å². The Bertz CT molecular complexity index is 773. The minimum atomic E-state index is -1.95. The highest BCUT2D eigenvalue weighted by Crippen LogP contribution is 2.69. The van der Waals surface area contributed by atoms with Gasteiger partial charge in [0.25, 0.3) is 0 Å². The fourth-order valence-electron chi connectivity index (χ4n) is 7.62. The molecule has 0 aromatic heterocycles. The largest absolute Gasteiger partial charge is 0.411 e. The maximum Gasteiger partial charge on any atom is 0.192 e. The Morgan fingerprint density at radius 1 is 0.972 bits per heavy atom. The molecule has 0 bridgehead atoms. The van der Waals surface area contributed by atoms with E-state index >= 15 is 0 Å². The highest BCUT2D eigenvalue weighted by molar-refractivity contribution is 6.76. The second-order valence-electron chi connectivity index (χ2n) is 14.8. The van der Waals surface area contributed by atoms with Crippen LogP contribution in [-0.4, -0.2) is 62.0 Å². The predicted octanol–water partition coefficient (Wildman–Crippen LogP) is 7.08. The summed E-state index contributed by atoms with van der Waals surface area (Å²) in [7, 11) is -1.35. The van der Waals surface area contributed by atoms with Crippen LogP contribution in [0.2, 0.25) is 43.8 Å². The van der Waals surface area contributed by atoms with Crippen LogP contribution in [0.3, 0.4) is 0 Å². The number of rotatable bonds is 11. The minimum absolute atomic E-state index is 0.0670. The summed E-state index contributed by atoms with van der Waals surface area (Å²) in [5.41, 5.74) is 0.103. The summed E-state index contributed by atoms with van der Waals surface area (Å²) < 4.78 is 32.0. The molecule has 0 aromatic carbocycles. The van der Waals surface area contributed by atoms with E-state index in [0.29, 0.717) is 37.3 Å².